The minimum absolute atomic E-state index is 0.00751. The van der Waals surface area contributed by atoms with Crippen LogP contribution in [0.25, 0.3) is 65.6 Å². The number of aryl methyl sites for hydroxylation is 2. The fraction of sp³-hybridized carbons (Fsp3) is 0.0526. The summed E-state index contributed by atoms with van der Waals surface area (Å²) in [6.07, 6.45) is 7.21. The highest BCUT2D eigenvalue weighted by Crippen LogP contribution is 2.35. The number of fused-ring (bicyclic) bond motifs is 4. The monoisotopic (exact) mass is 658 g/mol. The molecule has 7 N–H and O–H groups in total. The van der Waals surface area contributed by atoms with Crippen LogP contribution in [-0.4, -0.2) is 42.2 Å². The number of primary amides is 1. The van der Waals surface area contributed by atoms with Crippen LogP contribution < -0.4 is 22.7 Å². The molecule has 4 aromatic heterocycles. The van der Waals surface area contributed by atoms with Crippen LogP contribution in [-0.2, 0) is 0 Å². The van der Waals surface area contributed by atoms with Gasteiger partial charge in [-0.25, -0.2) is 5.84 Å². The van der Waals surface area contributed by atoms with Crippen molar-refractivity contribution < 1.29 is 9.59 Å². The van der Waals surface area contributed by atoms with E-state index < -0.39 is 11.8 Å². The third kappa shape index (κ3) is 5.76. The van der Waals surface area contributed by atoms with E-state index in [-0.39, 0.29) is 17.1 Å². The fourth-order valence-corrected chi connectivity index (χ4v) is 6.08. The number of hydrogen-bond donors (Lipinski definition) is 4. The summed E-state index contributed by atoms with van der Waals surface area (Å²) >= 11 is 0. The highest BCUT2D eigenvalue weighted by Gasteiger charge is 2.17. The van der Waals surface area contributed by atoms with Crippen molar-refractivity contribution in [1.29, 1.82) is 0 Å². The van der Waals surface area contributed by atoms with Gasteiger partial charge in [-0.2, -0.15) is 0 Å². The molecule has 12 nitrogen and oxygen atoms in total. The zero-order valence-corrected chi connectivity index (χ0v) is 27.0. The van der Waals surface area contributed by atoms with Gasteiger partial charge in [-0.15, -0.1) is 20.4 Å². The van der Waals surface area contributed by atoms with Crippen LogP contribution >= 0.6 is 0 Å². The van der Waals surface area contributed by atoms with Crippen molar-refractivity contribution in [3.05, 3.63) is 126 Å². The number of aromatic nitrogens is 6. The van der Waals surface area contributed by atoms with Gasteiger partial charge in [-0.1, -0.05) is 48.5 Å². The maximum atomic E-state index is 11.7. The quantitative estimate of drug-likeness (QED) is 0.105. The predicted molar refractivity (Wildman–Crippen MR) is 195 cm³/mol. The van der Waals surface area contributed by atoms with Crippen molar-refractivity contribution in [3.63, 3.8) is 0 Å². The second-order valence-electron chi connectivity index (χ2n) is 11.8. The number of rotatable bonds is 4. The van der Waals surface area contributed by atoms with E-state index in [2.05, 4.69) is 60.1 Å². The molecular weight excluding hydrogens is 628 g/mol. The minimum Gasteiger partial charge on any atom is -0.396 e. The van der Waals surface area contributed by atoms with E-state index >= 15 is 0 Å². The third-order valence-corrected chi connectivity index (χ3v) is 8.60. The van der Waals surface area contributed by atoms with Gasteiger partial charge in [0.2, 0.25) is 0 Å². The summed E-state index contributed by atoms with van der Waals surface area (Å²) in [6, 6.07) is 25.7. The van der Waals surface area contributed by atoms with Crippen LogP contribution in [0.15, 0.2) is 104 Å². The molecule has 8 rings (SSSR count). The van der Waals surface area contributed by atoms with Gasteiger partial charge in [-0.3, -0.25) is 25.0 Å². The Labute approximate surface area is 285 Å². The van der Waals surface area contributed by atoms with Gasteiger partial charge < -0.3 is 11.5 Å². The standard InChI is InChI=1S/2C19H15N5O/c1-10-2-5-14-16(20)18(19(21)25)24-23-17(14)15(10)12-3-4-13-9-22-7-6-11(13)8-12;1-11-2-3-14-9-16(19(25)22-20)23-24-18(14)17(11)13-5-4-12-6-7-21-10-15(12)8-13/h2-9H,1H3,(H2,20,23)(H2,21,25);2-10H,20H2,1H3,(H,22,25). The lowest BCUT2D eigenvalue weighted by Crippen LogP contribution is -2.30. The van der Waals surface area contributed by atoms with Gasteiger partial charge in [0, 0.05) is 57.5 Å². The Balaban J connectivity index is 0.000000157. The molecule has 4 heterocycles. The highest BCUT2D eigenvalue weighted by molar-refractivity contribution is 6.08. The summed E-state index contributed by atoms with van der Waals surface area (Å²) in [5.41, 5.74) is 21.4. The summed E-state index contributed by atoms with van der Waals surface area (Å²) in [4.78, 5) is 31.5. The maximum absolute atomic E-state index is 11.7. The number of nitrogens with zero attached hydrogens (tertiary/aromatic N) is 6. The zero-order chi connectivity index (χ0) is 34.9. The van der Waals surface area contributed by atoms with Crippen molar-refractivity contribution in [2.45, 2.75) is 13.8 Å². The van der Waals surface area contributed by atoms with E-state index in [1.807, 2.05) is 74.8 Å². The van der Waals surface area contributed by atoms with Crippen LogP contribution in [0.3, 0.4) is 0 Å². The average Bonchev–Trinajstić information content (AvgIpc) is 3.14. The molecule has 0 aliphatic rings. The average molecular weight is 659 g/mol. The van der Waals surface area contributed by atoms with E-state index in [1.54, 1.807) is 18.5 Å². The molecule has 8 aromatic rings. The van der Waals surface area contributed by atoms with Gasteiger partial charge in [0.05, 0.1) is 5.69 Å². The molecule has 2 amide bonds. The number of nitrogens with two attached hydrogens (primary N) is 3. The Morgan fingerprint density at radius 1 is 0.620 bits per heavy atom. The lowest BCUT2D eigenvalue weighted by Gasteiger charge is -2.12. The van der Waals surface area contributed by atoms with Crippen LogP contribution in [0.4, 0.5) is 5.69 Å². The van der Waals surface area contributed by atoms with E-state index in [4.69, 9.17) is 17.3 Å². The number of carbonyl (C=O) groups is 2. The molecule has 4 aromatic carbocycles. The highest BCUT2D eigenvalue weighted by atomic mass is 16.2. The molecule has 0 spiro atoms. The number of nitrogens with one attached hydrogen (secondary N) is 1. The Morgan fingerprint density at radius 2 is 1.22 bits per heavy atom. The molecule has 0 unspecified atom stereocenters. The van der Waals surface area contributed by atoms with Gasteiger partial charge in [0.1, 0.15) is 11.0 Å². The summed E-state index contributed by atoms with van der Waals surface area (Å²) in [5, 5.41) is 22.3. The molecule has 0 radical (unpaired) electrons. The van der Waals surface area contributed by atoms with Gasteiger partial charge in [-0.05, 0) is 77.2 Å². The predicted octanol–water partition coefficient (Wildman–Crippen LogP) is 5.59. The first-order chi connectivity index (χ1) is 24.2. The smallest absolute Gasteiger partial charge is 0.285 e. The second kappa shape index (κ2) is 12.9. The van der Waals surface area contributed by atoms with E-state index in [0.717, 1.165) is 65.8 Å². The van der Waals surface area contributed by atoms with E-state index in [0.29, 0.717) is 10.9 Å². The molecule has 0 bridgehead atoms. The number of hydrazine groups is 1. The lowest BCUT2D eigenvalue weighted by molar-refractivity contribution is 0.0946. The number of amides is 2. The minimum atomic E-state index is -0.688. The fourth-order valence-electron chi connectivity index (χ4n) is 6.08. The molecule has 12 heteroatoms. The first-order valence-electron chi connectivity index (χ1n) is 15.5. The molecule has 50 heavy (non-hydrogen) atoms. The van der Waals surface area contributed by atoms with Crippen molar-refractivity contribution in [2.75, 3.05) is 5.73 Å². The number of nitrogen functional groups attached to an aromatic ring is 2. The van der Waals surface area contributed by atoms with Crippen LogP contribution in [0.1, 0.15) is 32.1 Å². The zero-order valence-electron chi connectivity index (χ0n) is 27.0. The third-order valence-electron chi connectivity index (χ3n) is 8.60. The van der Waals surface area contributed by atoms with Gasteiger partial charge in [0.25, 0.3) is 11.8 Å². The summed E-state index contributed by atoms with van der Waals surface area (Å²) in [6.45, 7) is 4.04. The van der Waals surface area contributed by atoms with Crippen molar-refractivity contribution in [2.24, 2.45) is 11.6 Å². The molecule has 244 valence electrons. The Hall–Kier alpha value is -6.92. The van der Waals surface area contributed by atoms with Gasteiger partial charge in [0.15, 0.2) is 11.4 Å². The van der Waals surface area contributed by atoms with Crippen LogP contribution in [0.5, 0.6) is 0 Å². The number of anilines is 1. The molecule has 0 aliphatic carbocycles. The SMILES string of the molecule is Cc1ccc2c(N)c(C(N)=O)nnc2c1-c1ccc2cnccc2c1.Cc1ccc2cc(C(=O)NN)nnc2c1-c1ccc2ccncc2c1. The molecule has 0 saturated heterocycles. The molecule has 0 atom stereocenters. The molecule has 0 saturated carbocycles. The van der Waals surface area contributed by atoms with E-state index in [9.17, 15) is 9.59 Å². The van der Waals surface area contributed by atoms with Crippen molar-refractivity contribution in [1.82, 2.24) is 35.8 Å². The molecule has 0 aliphatic heterocycles. The van der Waals surface area contributed by atoms with Crippen molar-refractivity contribution in [3.8, 4) is 22.3 Å². The molecule has 0 fully saturated rings. The normalized spacial score (nSPS) is 11.0. The maximum Gasteiger partial charge on any atom is 0.285 e. The topological polar surface area (TPSA) is 202 Å². The number of pyridine rings is 2. The van der Waals surface area contributed by atoms with Crippen LogP contribution in [0.2, 0.25) is 0 Å². The number of benzene rings is 4. The summed E-state index contributed by atoms with van der Waals surface area (Å²) in [7, 11) is 0. The largest absolute Gasteiger partial charge is 0.396 e. The summed E-state index contributed by atoms with van der Waals surface area (Å²) in [5.74, 6) is 4.02. The first-order valence-corrected chi connectivity index (χ1v) is 15.5. The Morgan fingerprint density at radius 3 is 1.94 bits per heavy atom. The lowest BCUT2D eigenvalue weighted by atomic mass is 9.95. The van der Waals surface area contributed by atoms with Gasteiger partial charge >= 0.3 is 0 Å². The molecular formula is C38H30N10O2. The van der Waals surface area contributed by atoms with Crippen LogP contribution in [0, 0.1) is 13.8 Å². The van der Waals surface area contributed by atoms with Crippen molar-refractivity contribution >= 4 is 60.9 Å². The van der Waals surface area contributed by atoms with E-state index in [1.165, 1.54) is 0 Å². The first kappa shape index (κ1) is 31.7. The number of hydrogen-bond acceptors (Lipinski definition) is 10. The Kier molecular flexibility index (Phi) is 8.20. The summed E-state index contributed by atoms with van der Waals surface area (Å²) < 4.78 is 0. The Bertz CT molecular complexity index is 2640. The number of carbonyl (C=O) groups excluding carboxylic acids is 2. The second-order valence-corrected chi connectivity index (χ2v) is 11.8.